The summed E-state index contributed by atoms with van der Waals surface area (Å²) in [4.78, 5) is 12.1. The number of aliphatic hydroxyl groups is 1. The number of methoxy groups -OCH3 is 1. The molecule has 0 radical (unpaired) electrons. The lowest BCUT2D eigenvalue weighted by Gasteiger charge is -2.10. The van der Waals surface area contributed by atoms with Crippen molar-refractivity contribution in [1.82, 2.24) is 5.32 Å². The Morgan fingerprint density at radius 1 is 1.44 bits per heavy atom. The van der Waals surface area contributed by atoms with E-state index in [9.17, 15) is 9.90 Å². The van der Waals surface area contributed by atoms with E-state index in [1.165, 1.54) is 12.0 Å². The highest BCUT2D eigenvalue weighted by Crippen LogP contribution is 2.14. The van der Waals surface area contributed by atoms with E-state index in [0.29, 0.717) is 13.1 Å². The van der Waals surface area contributed by atoms with Crippen LogP contribution >= 0.6 is 11.8 Å². The number of nitrogens with one attached hydrogen (secondary N) is 1. The number of esters is 1. The van der Waals surface area contributed by atoms with Crippen LogP contribution in [0.15, 0.2) is 29.2 Å². The van der Waals surface area contributed by atoms with E-state index in [0.717, 1.165) is 5.56 Å². The lowest BCUT2D eigenvalue weighted by molar-refractivity contribution is -0.142. The second-order valence-electron chi connectivity index (χ2n) is 3.91. The Balaban J connectivity index is 2.26. The molecule has 0 fully saturated rings. The molecule has 0 aromatic heterocycles. The maximum atomic E-state index is 10.9. The predicted octanol–water partition coefficient (Wildman–Crippen LogP) is 1.42. The third-order valence-corrected chi connectivity index (χ3v) is 3.24. The number of aliphatic hydroxyl groups excluding tert-OH is 1. The van der Waals surface area contributed by atoms with Gasteiger partial charge in [0.05, 0.1) is 19.6 Å². The van der Waals surface area contributed by atoms with E-state index < -0.39 is 12.1 Å². The van der Waals surface area contributed by atoms with E-state index in [1.807, 2.05) is 18.4 Å². The topological polar surface area (TPSA) is 58.6 Å². The van der Waals surface area contributed by atoms with Gasteiger partial charge in [-0.3, -0.25) is 4.79 Å². The van der Waals surface area contributed by atoms with Crippen LogP contribution in [0.4, 0.5) is 0 Å². The Morgan fingerprint density at radius 3 is 2.67 bits per heavy atom. The zero-order chi connectivity index (χ0) is 13.4. The van der Waals surface area contributed by atoms with Crippen LogP contribution < -0.4 is 5.32 Å². The van der Waals surface area contributed by atoms with Crippen LogP contribution in [-0.4, -0.2) is 37.1 Å². The molecule has 0 saturated carbocycles. The Kier molecular flexibility index (Phi) is 6.78. The highest BCUT2D eigenvalue weighted by Gasteiger charge is 2.10. The Bertz CT molecular complexity index is 367. The van der Waals surface area contributed by atoms with Crippen LogP contribution in [0, 0.1) is 0 Å². The smallest absolute Gasteiger partial charge is 0.308 e. The molecule has 0 amide bonds. The number of rotatable bonds is 7. The minimum Gasteiger partial charge on any atom is -0.469 e. The number of ether oxygens (including phenoxy) is 1. The van der Waals surface area contributed by atoms with Crippen LogP contribution in [0.1, 0.15) is 12.0 Å². The van der Waals surface area contributed by atoms with Gasteiger partial charge in [-0.25, -0.2) is 0 Å². The molecule has 0 aliphatic rings. The number of thioether (sulfide) groups is 1. The van der Waals surface area contributed by atoms with E-state index in [1.54, 1.807) is 11.8 Å². The van der Waals surface area contributed by atoms with Gasteiger partial charge in [-0.05, 0) is 24.0 Å². The Labute approximate surface area is 112 Å². The molecule has 4 nitrogen and oxygen atoms in total. The fourth-order valence-corrected chi connectivity index (χ4v) is 1.88. The average molecular weight is 269 g/mol. The number of benzene rings is 1. The van der Waals surface area contributed by atoms with Gasteiger partial charge in [-0.1, -0.05) is 12.1 Å². The molecule has 1 aromatic rings. The molecular weight excluding hydrogens is 250 g/mol. The summed E-state index contributed by atoms with van der Waals surface area (Å²) in [5, 5.41) is 12.6. The maximum absolute atomic E-state index is 10.9. The van der Waals surface area contributed by atoms with Gasteiger partial charge in [0.1, 0.15) is 0 Å². The molecule has 0 aliphatic heterocycles. The number of carbonyl (C=O) groups excluding carboxylic acids is 1. The lowest BCUT2D eigenvalue weighted by Crippen LogP contribution is -2.28. The summed E-state index contributed by atoms with van der Waals surface area (Å²) in [6.07, 6.45) is 1.36. The van der Waals surface area contributed by atoms with E-state index in [2.05, 4.69) is 22.2 Å². The summed E-state index contributed by atoms with van der Waals surface area (Å²) in [7, 11) is 1.32. The summed E-state index contributed by atoms with van der Waals surface area (Å²) in [6.45, 7) is 1.05. The van der Waals surface area contributed by atoms with Crippen molar-refractivity contribution in [2.75, 3.05) is 19.9 Å². The van der Waals surface area contributed by atoms with Crippen molar-refractivity contribution in [3.05, 3.63) is 29.8 Å². The van der Waals surface area contributed by atoms with Gasteiger partial charge in [0.15, 0.2) is 0 Å². The molecule has 1 atom stereocenters. The summed E-state index contributed by atoms with van der Waals surface area (Å²) in [5.74, 6) is -0.395. The first-order valence-corrected chi connectivity index (χ1v) is 6.96. The second kappa shape index (κ2) is 8.13. The van der Waals surface area contributed by atoms with E-state index >= 15 is 0 Å². The molecule has 100 valence electrons. The van der Waals surface area contributed by atoms with E-state index in [-0.39, 0.29) is 6.42 Å². The molecule has 0 spiro atoms. The number of hydrogen-bond acceptors (Lipinski definition) is 5. The quantitative estimate of drug-likeness (QED) is 0.579. The van der Waals surface area contributed by atoms with Crippen molar-refractivity contribution in [2.45, 2.75) is 24.0 Å². The SMILES string of the molecule is COC(=O)CC(O)CNCc1ccc(SC)cc1. The first kappa shape index (κ1) is 15.0. The Hall–Kier alpha value is -1.04. The molecule has 0 aliphatic carbocycles. The zero-order valence-electron chi connectivity index (χ0n) is 10.7. The molecule has 0 saturated heterocycles. The van der Waals surface area contributed by atoms with Crippen LogP contribution in [0.2, 0.25) is 0 Å². The first-order valence-electron chi connectivity index (χ1n) is 5.74. The van der Waals surface area contributed by atoms with Crippen LogP contribution in [0.5, 0.6) is 0 Å². The highest BCUT2D eigenvalue weighted by molar-refractivity contribution is 7.98. The lowest BCUT2D eigenvalue weighted by atomic mass is 10.2. The Morgan fingerprint density at radius 2 is 2.11 bits per heavy atom. The number of hydrogen-bond donors (Lipinski definition) is 2. The van der Waals surface area contributed by atoms with E-state index in [4.69, 9.17) is 0 Å². The van der Waals surface area contributed by atoms with Gasteiger partial charge < -0.3 is 15.2 Å². The zero-order valence-corrected chi connectivity index (χ0v) is 11.5. The average Bonchev–Trinajstić information content (AvgIpc) is 2.39. The van der Waals surface area contributed by atoms with Gasteiger partial charge in [-0.15, -0.1) is 11.8 Å². The fourth-order valence-electron chi connectivity index (χ4n) is 1.47. The maximum Gasteiger partial charge on any atom is 0.308 e. The third kappa shape index (κ3) is 5.53. The number of carbonyl (C=O) groups is 1. The van der Waals surface area contributed by atoms with Crippen molar-refractivity contribution in [3.63, 3.8) is 0 Å². The normalized spacial score (nSPS) is 12.2. The summed E-state index contributed by atoms with van der Waals surface area (Å²) < 4.78 is 4.48. The van der Waals surface area contributed by atoms with Gasteiger partial charge in [0.25, 0.3) is 0 Å². The van der Waals surface area contributed by atoms with Crippen LogP contribution in [-0.2, 0) is 16.1 Å². The standard InChI is InChI=1S/C13H19NO3S/c1-17-13(16)7-11(15)9-14-8-10-3-5-12(18-2)6-4-10/h3-6,11,14-15H,7-9H2,1-2H3. The second-order valence-corrected chi connectivity index (χ2v) is 4.79. The van der Waals surface area contributed by atoms with Crippen molar-refractivity contribution in [3.8, 4) is 0 Å². The minimum absolute atomic E-state index is 0.0227. The molecule has 1 rings (SSSR count). The molecule has 1 unspecified atom stereocenters. The van der Waals surface area contributed by atoms with Crippen molar-refractivity contribution < 1.29 is 14.6 Å². The molecule has 0 heterocycles. The van der Waals surface area contributed by atoms with Gasteiger partial charge >= 0.3 is 5.97 Å². The van der Waals surface area contributed by atoms with Gasteiger partial charge in [-0.2, -0.15) is 0 Å². The predicted molar refractivity (Wildman–Crippen MR) is 72.6 cm³/mol. The molecule has 5 heteroatoms. The molecule has 0 bridgehead atoms. The monoisotopic (exact) mass is 269 g/mol. The van der Waals surface area contributed by atoms with Crippen molar-refractivity contribution >= 4 is 17.7 Å². The van der Waals surface area contributed by atoms with Gasteiger partial charge in [0.2, 0.25) is 0 Å². The summed E-state index contributed by atoms with van der Waals surface area (Å²) in [6, 6.07) is 8.22. The van der Waals surface area contributed by atoms with Crippen LogP contribution in [0.3, 0.4) is 0 Å². The van der Waals surface area contributed by atoms with Gasteiger partial charge in [0, 0.05) is 18.0 Å². The highest BCUT2D eigenvalue weighted by atomic mass is 32.2. The van der Waals surface area contributed by atoms with Crippen LogP contribution in [0.25, 0.3) is 0 Å². The first-order chi connectivity index (χ1) is 8.65. The molecular formula is C13H19NO3S. The fraction of sp³-hybridized carbons (Fsp3) is 0.462. The molecule has 1 aromatic carbocycles. The summed E-state index contributed by atoms with van der Waals surface area (Å²) in [5.41, 5.74) is 1.15. The third-order valence-electron chi connectivity index (χ3n) is 2.50. The molecule has 18 heavy (non-hydrogen) atoms. The molecule has 2 N–H and O–H groups in total. The largest absolute Gasteiger partial charge is 0.469 e. The minimum atomic E-state index is -0.706. The van der Waals surface area contributed by atoms with Crippen molar-refractivity contribution in [1.29, 1.82) is 0 Å². The summed E-state index contributed by atoms with van der Waals surface area (Å²) >= 11 is 1.70. The van der Waals surface area contributed by atoms with Crippen molar-refractivity contribution in [2.24, 2.45) is 0 Å².